The Hall–Kier alpha value is -0.240. The molecule has 72 valence electrons. The van der Waals surface area contributed by atoms with Crippen LogP contribution < -0.4 is 0 Å². The SMILES string of the molecule is CC(CCl)CCC(C)CC(=O)O. The first-order chi connectivity index (χ1) is 5.56. The highest BCUT2D eigenvalue weighted by atomic mass is 35.5. The van der Waals surface area contributed by atoms with Crippen molar-refractivity contribution in [3.05, 3.63) is 0 Å². The maximum absolute atomic E-state index is 10.3. The predicted molar refractivity (Wildman–Crippen MR) is 50.5 cm³/mol. The zero-order valence-electron chi connectivity index (χ0n) is 7.72. The van der Waals surface area contributed by atoms with Crippen LogP contribution in [-0.2, 0) is 4.79 Å². The lowest BCUT2D eigenvalue weighted by atomic mass is 9.97. The Morgan fingerprint density at radius 1 is 1.33 bits per heavy atom. The quantitative estimate of drug-likeness (QED) is 0.658. The van der Waals surface area contributed by atoms with Crippen LogP contribution in [-0.4, -0.2) is 17.0 Å². The van der Waals surface area contributed by atoms with E-state index in [1.54, 1.807) is 0 Å². The molecule has 0 spiro atoms. The molecule has 0 aliphatic heterocycles. The molecule has 0 heterocycles. The van der Waals surface area contributed by atoms with Gasteiger partial charge in [-0.3, -0.25) is 4.79 Å². The lowest BCUT2D eigenvalue weighted by Gasteiger charge is -2.11. The molecule has 2 atom stereocenters. The van der Waals surface area contributed by atoms with Crippen molar-refractivity contribution < 1.29 is 9.90 Å². The second-order valence-corrected chi connectivity index (χ2v) is 3.85. The average Bonchev–Trinajstić information content (AvgIpc) is 1.99. The van der Waals surface area contributed by atoms with E-state index in [0.29, 0.717) is 11.8 Å². The third kappa shape index (κ3) is 6.47. The van der Waals surface area contributed by atoms with Gasteiger partial charge in [-0.05, 0) is 24.7 Å². The lowest BCUT2D eigenvalue weighted by Crippen LogP contribution is -2.06. The molecule has 2 nitrogen and oxygen atoms in total. The van der Waals surface area contributed by atoms with Gasteiger partial charge in [0.25, 0.3) is 0 Å². The van der Waals surface area contributed by atoms with Crippen LogP contribution in [0.2, 0.25) is 0 Å². The van der Waals surface area contributed by atoms with Crippen molar-refractivity contribution in [3.8, 4) is 0 Å². The van der Waals surface area contributed by atoms with Gasteiger partial charge in [-0.2, -0.15) is 0 Å². The largest absolute Gasteiger partial charge is 0.481 e. The summed E-state index contributed by atoms with van der Waals surface area (Å²) in [7, 11) is 0. The standard InChI is InChI=1S/C9H17ClO2/c1-7(5-9(11)12)3-4-8(2)6-10/h7-8H,3-6H2,1-2H3,(H,11,12). The molecule has 0 rings (SSSR count). The molecule has 0 aromatic heterocycles. The highest BCUT2D eigenvalue weighted by Crippen LogP contribution is 2.15. The first-order valence-corrected chi connectivity index (χ1v) is 4.87. The number of carbonyl (C=O) groups is 1. The van der Waals surface area contributed by atoms with Crippen molar-refractivity contribution in [2.24, 2.45) is 11.8 Å². The molecule has 0 saturated heterocycles. The summed E-state index contributed by atoms with van der Waals surface area (Å²) >= 11 is 5.62. The van der Waals surface area contributed by atoms with Gasteiger partial charge < -0.3 is 5.11 Å². The van der Waals surface area contributed by atoms with E-state index in [0.717, 1.165) is 12.8 Å². The van der Waals surface area contributed by atoms with Gasteiger partial charge >= 0.3 is 5.97 Å². The molecule has 0 aliphatic rings. The maximum Gasteiger partial charge on any atom is 0.303 e. The second-order valence-electron chi connectivity index (χ2n) is 3.54. The van der Waals surface area contributed by atoms with E-state index in [2.05, 4.69) is 6.92 Å². The number of aliphatic carboxylic acids is 1. The number of rotatable bonds is 6. The predicted octanol–water partition coefficient (Wildman–Crippen LogP) is 2.75. The van der Waals surface area contributed by atoms with Crippen LogP contribution in [0, 0.1) is 11.8 Å². The Balaban J connectivity index is 3.43. The van der Waals surface area contributed by atoms with E-state index in [1.807, 2.05) is 6.92 Å². The fourth-order valence-corrected chi connectivity index (χ4v) is 1.20. The summed E-state index contributed by atoms with van der Waals surface area (Å²) in [6.07, 6.45) is 2.26. The van der Waals surface area contributed by atoms with E-state index in [1.165, 1.54) is 0 Å². The Morgan fingerprint density at radius 2 is 1.83 bits per heavy atom. The lowest BCUT2D eigenvalue weighted by molar-refractivity contribution is -0.138. The number of halogens is 1. The molecular weight excluding hydrogens is 176 g/mol. The monoisotopic (exact) mass is 192 g/mol. The zero-order chi connectivity index (χ0) is 9.56. The summed E-state index contributed by atoms with van der Waals surface area (Å²) in [5, 5.41) is 8.48. The smallest absolute Gasteiger partial charge is 0.303 e. The number of alkyl halides is 1. The Labute approximate surface area is 78.9 Å². The van der Waals surface area contributed by atoms with E-state index < -0.39 is 5.97 Å². The summed E-state index contributed by atoms with van der Waals surface area (Å²) in [4.78, 5) is 10.3. The van der Waals surface area contributed by atoms with Gasteiger partial charge in [0.15, 0.2) is 0 Å². The molecule has 2 unspecified atom stereocenters. The number of hydrogen-bond donors (Lipinski definition) is 1. The Kier molecular flexibility index (Phi) is 6.17. The maximum atomic E-state index is 10.3. The number of hydrogen-bond acceptors (Lipinski definition) is 1. The molecule has 1 N–H and O–H groups in total. The zero-order valence-corrected chi connectivity index (χ0v) is 8.47. The van der Waals surface area contributed by atoms with E-state index in [4.69, 9.17) is 16.7 Å². The van der Waals surface area contributed by atoms with Crippen LogP contribution in [0.4, 0.5) is 0 Å². The minimum atomic E-state index is -0.707. The van der Waals surface area contributed by atoms with Crippen LogP contribution in [0.5, 0.6) is 0 Å². The Bertz CT molecular complexity index is 136. The third-order valence-electron chi connectivity index (χ3n) is 1.94. The summed E-state index contributed by atoms with van der Waals surface area (Å²) < 4.78 is 0. The molecule has 0 fully saturated rings. The summed E-state index contributed by atoms with van der Waals surface area (Å²) in [5.74, 6) is 0.733. The number of carboxylic acids is 1. The fraction of sp³-hybridized carbons (Fsp3) is 0.889. The molecule has 0 aliphatic carbocycles. The van der Waals surface area contributed by atoms with Gasteiger partial charge in [0.05, 0.1) is 0 Å². The van der Waals surface area contributed by atoms with Gasteiger partial charge in [0, 0.05) is 12.3 Å². The average molecular weight is 193 g/mol. The summed E-state index contributed by atoms with van der Waals surface area (Å²) in [5.41, 5.74) is 0. The van der Waals surface area contributed by atoms with Crippen molar-refractivity contribution in [2.45, 2.75) is 33.1 Å². The van der Waals surface area contributed by atoms with E-state index >= 15 is 0 Å². The highest BCUT2D eigenvalue weighted by Gasteiger charge is 2.09. The topological polar surface area (TPSA) is 37.3 Å². The normalized spacial score (nSPS) is 15.6. The molecule has 3 heteroatoms. The van der Waals surface area contributed by atoms with Crippen LogP contribution in [0.3, 0.4) is 0 Å². The first-order valence-electron chi connectivity index (χ1n) is 4.34. The fourth-order valence-electron chi connectivity index (χ4n) is 1.05. The van der Waals surface area contributed by atoms with E-state index in [-0.39, 0.29) is 12.3 Å². The van der Waals surface area contributed by atoms with Crippen molar-refractivity contribution in [1.82, 2.24) is 0 Å². The van der Waals surface area contributed by atoms with Crippen LogP contribution in [0.25, 0.3) is 0 Å². The van der Waals surface area contributed by atoms with Crippen LogP contribution in [0.15, 0.2) is 0 Å². The van der Waals surface area contributed by atoms with Crippen molar-refractivity contribution in [3.63, 3.8) is 0 Å². The van der Waals surface area contributed by atoms with E-state index in [9.17, 15) is 4.79 Å². The number of carboxylic acid groups (broad SMARTS) is 1. The highest BCUT2D eigenvalue weighted by molar-refractivity contribution is 6.18. The van der Waals surface area contributed by atoms with Crippen molar-refractivity contribution >= 4 is 17.6 Å². The van der Waals surface area contributed by atoms with Crippen LogP contribution in [0.1, 0.15) is 33.1 Å². The molecule has 0 saturated carbocycles. The summed E-state index contributed by atoms with van der Waals surface area (Å²) in [6.45, 7) is 4.05. The first kappa shape index (κ1) is 11.8. The Morgan fingerprint density at radius 3 is 2.25 bits per heavy atom. The molecule has 0 radical (unpaired) electrons. The van der Waals surface area contributed by atoms with Crippen LogP contribution >= 0.6 is 11.6 Å². The van der Waals surface area contributed by atoms with Crippen molar-refractivity contribution in [2.75, 3.05) is 5.88 Å². The third-order valence-corrected chi connectivity index (χ3v) is 2.47. The minimum Gasteiger partial charge on any atom is -0.481 e. The van der Waals surface area contributed by atoms with Crippen molar-refractivity contribution in [1.29, 1.82) is 0 Å². The summed E-state index contributed by atoms with van der Waals surface area (Å²) in [6, 6.07) is 0. The van der Waals surface area contributed by atoms with Gasteiger partial charge in [0.2, 0.25) is 0 Å². The minimum absolute atomic E-state index is 0.271. The molecule has 0 aromatic carbocycles. The second kappa shape index (κ2) is 6.30. The van der Waals surface area contributed by atoms with Gasteiger partial charge in [-0.1, -0.05) is 13.8 Å². The van der Waals surface area contributed by atoms with Gasteiger partial charge in [-0.15, -0.1) is 11.6 Å². The molecular formula is C9H17ClO2. The molecule has 0 amide bonds. The molecule has 12 heavy (non-hydrogen) atoms. The van der Waals surface area contributed by atoms with Gasteiger partial charge in [0.1, 0.15) is 0 Å². The van der Waals surface area contributed by atoms with Gasteiger partial charge in [-0.25, -0.2) is 0 Å². The molecule has 0 bridgehead atoms. The molecule has 0 aromatic rings.